The lowest BCUT2D eigenvalue weighted by Gasteiger charge is -2.61. The highest BCUT2D eigenvalue weighted by Gasteiger charge is 2.62. The van der Waals surface area contributed by atoms with E-state index in [1.165, 1.54) is 6.42 Å². The minimum atomic E-state index is -0.0581. The number of fused-ring (bicyclic) bond motifs is 5. The third-order valence-electron chi connectivity index (χ3n) is 8.54. The fourth-order valence-corrected chi connectivity index (χ4v) is 7.19. The fourth-order valence-electron chi connectivity index (χ4n) is 7.19. The lowest BCUT2D eigenvalue weighted by molar-refractivity contribution is -0.176. The number of carbonyl (C=O) groups is 2. The Labute approximate surface area is 139 Å². The molecule has 0 radical (unpaired) electrons. The second kappa shape index (κ2) is 5.15. The first-order valence-corrected chi connectivity index (χ1v) is 9.49. The molecule has 4 fully saturated rings. The van der Waals surface area contributed by atoms with Crippen molar-refractivity contribution in [3.05, 3.63) is 0 Å². The number of carbonyl (C=O) groups excluding carboxylic acids is 2. The monoisotopic (exact) mass is 318 g/mol. The molecule has 4 aliphatic carbocycles. The fraction of sp³-hybridized carbons (Fsp3) is 0.900. The Morgan fingerprint density at radius 2 is 1.78 bits per heavy atom. The molecule has 0 aliphatic heterocycles. The average Bonchev–Trinajstić information content (AvgIpc) is 2.83. The summed E-state index contributed by atoms with van der Waals surface area (Å²) in [5.74, 6) is 3.23. The van der Waals surface area contributed by atoms with Crippen molar-refractivity contribution >= 4 is 11.6 Å². The van der Waals surface area contributed by atoms with Crippen molar-refractivity contribution < 1.29 is 14.3 Å². The molecule has 0 aromatic carbocycles. The SMILES string of the molecule is COC1CC(=O)CC2CC[C@@H]3[C@H](CC[C@]4(C)C(=O)CC[C@@H]34)[C@]21C. The molecule has 0 bridgehead atoms. The Balaban J connectivity index is 1.69. The van der Waals surface area contributed by atoms with Gasteiger partial charge in [0.1, 0.15) is 11.6 Å². The molecule has 4 rings (SSSR count). The molecule has 0 N–H and O–H groups in total. The predicted molar refractivity (Wildman–Crippen MR) is 87.9 cm³/mol. The first-order valence-electron chi connectivity index (χ1n) is 9.49. The maximum absolute atomic E-state index is 12.5. The molecule has 0 spiro atoms. The van der Waals surface area contributed by atoms with Gasteiger partial charge in [0.25, 0.3) is 0 Å². The third-order valence-corrected chi connectivity index (χ3v) is 8.54. The van der Waals surface area contributed by atoms with Crippen LogP contribution < -0.4 is 0 Å². The van der Waals surface area contributed by atoms with Gasteiger partial charge in [0.15, 0.2) is 0 Å². The van der Waals surface area contributed by atoms with Crippen molar-refractivity contribution in [2.75, 3.05) is 7.11 Å². The summed E-state index contributed by atoms with van der Waals surface area (Å²) in [6.07, 6.45) is 7.84. The zero-order valence-corrected chi connectivity index (χ0v) is 14.8. The largest absolute Gasteiger partial charge is 0.380 e. The van der Waals surface area contributed by atoms with E-state index < -0.39 is 0 Å². The normalized spacial score (nSPS) is 52.7. The summed E-state index contributed by atoms with van der Waals surface area (Å²) in [7, 11) is 1.78. The van der Waals surface area contributed by atoms with Gasteiger partial charge in [0.05, 0.1) is 6.10 Å². The van der Waals surface area contributed by atoms with Gasteiger partial charge < -0.3 is 4.74 Å². The van der Waals surface area contributed by atoms with Crippen molar-refractivity contribution in [3.63, 3.8) is 0 Å². The van der Waals surface area contributed by atoms with Crippen LogP contribution in [0.5, 0.6) is 0 Å². The molecule has 2 unspecified atom stereocenters. The van der Waals surface area contributed by atoms with Crippen LogP contribution in [0.2, 0.25) is 0 Å². The molecule has 0 amide bonds. The molecular formula is C20H30O3. The number of ether oxygens (including phenoxy) is 1. The summed E-state index contributed by atoms with van der Waals surface area (Å²) in [4.78, 5) is 24.6. The van der Waals surface area contributed by atoms with Crippen LogP contribution in [0.4, 0.5) is 0 Å². The summed E-state index contributed by atoms with van der Waals surface area (Å²) in [5, 5.41) is 0. The van der Waals surface area contributed by atoms with Crippen molar-refractivity contribution in [3.8, 4) is 0 Å². The third kappa shape index (κ3) is 1.98. The maximum atomic E-state index is 12.5. The average molecular weight is 318 g/mol. The quantitative estimate of drug-likeness (QED) is 0.739. The van der Waals surface area contributed by atoms with Gasteiger partial charge >= 0.3 is 0 Å². The van der Waals surface area contributed by atoms with Crippen molar-refractivity contribution in [1.29, 1.82) is 0 Å². The highest BCUT2D eigenvalue weighted by atomic mass is 16.5. The zero-order valence-electron chi connectivity index (χ0n) is 14.8. The van der Waals surface area contributed by atoms with E-state index >= 15 is 0 Å². The van der Waals surface area contributed by atoms with E-state index in [0.717, 1.165) is 38.5 Å². The number of hydrogen-bond donors (Lipinski definition) is 0. The minimum absolute atomic E-state index is 0.0581. The van der Waals surface area contributed by atoms with Gasteiger partial charge in [-0.3, -0.25) is 9.59 Å². The van der Waals surface area contributed by atoms with E-state index in [9.17, 15) is 9.59 Å². The standard InChI is InChI=1S/C20H30O3/c1-19-9-8-16-14(15(19)6-7-17(19)22)5-4-12-10-13(21)11-18(23-3)20(12,16)2/h12,14-16,18H,4-11H2,1-3H3/t12?,14-,15-,16-,18?,19-,20-/m0/s1. The van der Waals surface area contributed by atoms with Crippen LogP contribution in [-0.4, -0.2) is 24.8 Å². The molecule has 0 aromatic heterocycles. The smallest absolute Gasteiger partial charge is 0.139 e. The topological polar surface area (TPSA) is 43.4 Å². The number of rotatable bonds is 1. The number of ketones is 2. The molecule has 4 saturated carbocycles. The van der Waals surface area contributed by atoms with Crippen molar-refractivity contribution in [2.45, 2.75) is 71.3 Å². The van der Waals surface area contributed by atoms with Gasteiger partial charge in [-0.1, -0.05) is 13.8 Å². The highest BCUT2D eigenvalue weighted by Crippen LogP contribution is 2.65. The van der Waals surface area contributed by atoms with Gasteiger partial charge in [-0.05, 0) is 55.8 Å². The van der Waals surface area contributed by atoms with Gasteiger partial charge in [0.2, 0.25) is 0 Å². The lowest BCUT2D eigenvalue weighted by Crippen LogP contribution is -2.59. The first kappa shape index (κ1) is 15.8. The van der Waals surface area contributed by atoms with Crippen LogP contribution >= 0.6 is 0 Å². The number of hydrogen-bond acceptors (Lipinski definition) is 3. The van der Waals surface area contributed by atoms with E-state index in [-0.39, 0.29) is 16.9 Å². The molecule has 4 aliphatic rings. The predicted octanol–water partition coefficient (Wildman–Crippen LogP) is 3.79. The molecule has 23 heavy (non-hydrogen) atoms. The van der Waals surface area contributed by atoms with E-state index in [0.29, 0.717) is 41.7 Å². The van der Waals surface area contributed by atoms with E-state index in [1.807, 2.05) is 0 Å². The molecule has 3 nitrogen and oxygen atoms in total. The molecule has 128 valence electrons. The van der Waals surface area contributed by atoms with Gasteiger partial charge in [-0.15, -0.1) is 0 Å². The molecule has 0 saturated heterocycles. The Kier molecular flexibility index (Phi) is 3.54. The second-order valence-electron chi connectivity index (χ2n) is 9.11. The summed E-state index contributed by atoms with van der Waals surface area (Å²) in [5.41, 5.74) is 0.0654. The second-order valence-corrected chi connectivity index (χ2v) is 9.11. The Morgan fingerprint density at radius 1 is 1.00 bits per heavy atom. The van der Waals surface area contributed by atoms with Gasteiger partial charge in [-0.25, -0.2) is 0 Å². The van der Waals surface area contributed by atoms with Gasteiger partial charge in [-0.2, -0.15) is 0 Å². The summed E-state index contributed by atoms with van der Waals surface area (Å²) in [6.45, 7) is 4.63. The number of Topliss-reactive ketones (excluding diaryl/α,β-unsaturated/α-hetero) is 2. The molecule has 0 heterocycles. The minimum Gasteiger partial charge on any atom is -0.380 e. The Morgan fingerprint density at radius 3 is 2.52 bits per heavy atom. The molecule has 7 atom stereocenters. The van der Waals surface area contributed by atoms with E-state index in [4.69, 9.17) is 4.74 Å². The van der Waals surface area contributed by atoms with E-state index in [1.54, 1.807) is 7.11 Å². The Hall–Kier alpha value is -0.700. The van der Waals surface area contributed by atoms with Gasteiger partial charge in [0, 0.05) is 37.2 Å². The van der Waals surface area contributed by atoms with Crippen LogP contribution in [0, 0.1) is 34.5 Å². The van der Waals surface area contributed by atoms with Crippen LogP contribution in [0.25, 0.3) is 0 Å². The highest BCUT2D eigenvalue weighted by molar-refractivity contribution is 5.87. The van der Waals surface area contributed by atoms with Crippen LogP contribution in [0.1, 0.15) is 65.2 Å². The van der Waals surface area contributed by atoms with Crippen LogP contribution in [0.15, 0.2) is 0 Å². The first-order chi connectivity index (χ1) is 10.9. The van der Waals surface area contributed by atoms with Crippen LogP contribution in [-0.2, 0) is 14.3 Å². The van der Waals surface area contributed by atoms with Crippen molar-refractivity contribution in [1.82, 2.24) is 0 Å². The summed E-state index contributed by atoms with van der Waals surface area (Å²) >= 11 is 0. The molecule has 0 aromatic rings. The maximum Gasteiger partial charge on any atom is 0.139 e. The van der Waals surface area contributed by atoms with E-state index in [2.05, 4.69) is 13.8 Å². The van der Waals surface area contributed by atoms with Crippen LogP contribution in [0.3, 0.4) is 0 Å². The van der Waals surface area contributed by atoms with Crippen molar-refractivity contribution in [2.24, 2.45) is 34.5 Å². The summed E-state index contributed by atoms with van der Waals surface area (Å²) < 4.78 is 5.85. The summed E-state index contributed by atoms with van der Waals surface area (Å²) in [6, 6.07) is 0. The Bertz CT molecular complexity index is 529. The molecular weight excluding hydrogens is 288 g/mol. The number of methoxy groups -OCH3 is 1. The lowest BCUT2D eigenvalue weighted by atomic mass is 9.44. The molecule has 3 heteroatoms. The zero-order chi connectivity index (χ0) is 16.4.